The summed E-state index contributed by atoms with van der Waals surface area (Å²) in [5.41, 5.74) is 1.20. The van der Waals surface area contributed by atoms with Crippen molar-refractivity contribution in [2.45, 2.75) is 25.0 Å². The lowest BCUT2D eigenvalue weighted by atomic mass is 9.90. The highest BCUT2D eigenvalue weighted by atomic mass is 16.5. The molecule has 2 aromatic rings. The Hall–Kier alpha value is -1.92. The van der Waals surface area contributed by atoms with E-state index in [-0.39, 0.29) is 5.60 Å². The zero-order chi connectivity index (χ0) is 16.4. The van der Waals surface area contributed by atoms with Crippen LogP contribution in [0, 0.1) is 0 Å². The standard InChI is InChI=1S/C18H25N5O/c1-21-12-16(11-20-21)13-22-9-10-24-18(14-22)6-4-8-23(15-18)17-5-2-3-7-19-17/h2-3,5,7,11-12H,4,6,8-10,13-15H2,1H3/t18-/m1/s1. The minimum Gasteiger partial charge on any atom is -0.370 e. The Balaban J connectivity index is 1.45. The monoisotopic (exact) mass is 327 g/mol. The predicted molar refractivity (Wildman–Crippen MR) is 92.9 cm³/mol. The molecule has 0 N–H and O–H groups in total. The first-order valence-electron chi connectivity index (χ1n) is 8.72. The lowest BCUT2D eigenvalue weighted by molar-refractivity contribution is -0.116. The van der Waals surface area contributed by atoms with Crippen LogP contribution >= 0.6 is 0 Å². The lowest BCUT2D eigenvalue weighted by Crippen LogP contribution is -2.59. The number of piperidine rings is 1. The summed E-state index contributed by atoms with van der Waals surface area (Å²) in [6.45, 7) is 5.70. The summed E-state index contributed by atoms with van der Waals surface area (Å²) >= 11 is 0. The highest BCUT2D eigenvalue weighted by Crippen LogP contribution is 2.31. The van der Waals surface area contributed by atoms with Gasteiger partial charge in [0.15, 0.2) is 0 Å². The molecule has 0 saturated carbocycles. The SMILES string of the molecule is Cn1cc(CN2CCO[C@]3(CCCN(c4ccccn4)C3)C2)cn1. The van der Waals surface area contributed by atoms with Crippen molar-refractivity contribution < 1.29 is 4.74 Å². The van der Waals surface area contributed by atoms with E-state index in [1.54, 1.807) is 0 Å². The van der Waals surface area contributed by atoms with Gasteiger partial charge in [0.2, 0.25) is 0 Å². The fraction of sp³-hybridized carbons (Fsp3) is 0.556. The van der Waals surface area contributed by atoms with Crippen LogP contribution in [-0.4, -0.2) is 58.1 Å². The summed E-state index contributed by atoms with van der Waals surface area (Å²) in [6.07, 6.45) is 8.20. The third-order valence-electron chi connectivity index (χ3n) is 5.00. The van der Waals surface area contributed by atoms with Crippen molar-refractivity contribution in [2.24, 2.45) is 7.05 Å². The van der Waals surface area contributed by atoms with Crippen LogP contribution < -0.4 is 4.90 Å². The van der Waals surface area contributed by atoms with Crippen LogP contribution in [0.2, 0.25) is 0 Å². The van der Waals surface area contributed by atoms with Crippen LogP contribution in [-0.2, 0) is 18.3 Å². The molecule has 2 aliphatic rings. The van der Waals surface area contributed by atoms with Gasteiger partial charge in [-0.3, -0.25) is 9.58 Å². The molecule has 24 heavy (non-hydrogen) atoms. The van der Waals surface area contributed by atoms with Crippen molar-refractivity contribution in [2.75, 3.05) is 37.7 Å². The molecule has 2 aromatic heterocycles. The summed E-state index contributed by atoms with van der Waals surface area (Å²) in [5.74, 6) is 1.06. The Morgan fingerprint density at radius 2 is 2.21 bits per heavy atom. The van der Waals surface area contributed by atoms with Gasteiger partial charge in [0, 0.05) is 57.7 Å². The van der Waals surface area contributed by atoms with E-state index in [4.69, 9.17) is 4.74 Å². The molecule has 0 unspecified atom stereocenters. The number of aromatic nitrogens is 3. The molecule has 2 fully saturated rings. The molecule has 0 aromatic carbocycles. The van der Waals surface area contributed by atoms with Gasteiger partial charge in [-0.1, -0.05) is 6.07 Å². The van der Waals surface area contributed by atoms with Gasteiger partial charge in [0.1, 0.15) is 5.82 Å². The Kier molecular flexibility index (Phi) is 4.24. The first-order valence-corrected chi connectivity index (χ1v) is 8.72. The van der Waals surface area contributed by atoms with Crippen molar-refractivity contribution in [1.82, 2.24) is 19.7 Å². The van der Waals surface area contributed by atoms with Gasteiger partial charge in [-0.25, -0.2) is 4.98 Å². The van der Waals surface area contributed by atoms with E-state index in [1.807, 2.05) is 30.2 Å². The second kappa shape index (κ2) is 6.53. The van der Waals surface area contributed by atoms with E-state index in [1.165, 1.54) is 5.56 Å². The van der Waals surface area contributed by atoms with E-state index < -0.39 is 0 Å². The smallest absolute Gasteiger partial charge is 0.128 e. The van der Waals surface area contributed by atoms with Crippen molar-refractivity contribution in [3.8, 4) is 0 Å². The summed E-state index contributed by atoms with van der Waals surface area (Å²) in [6, 6.07) is 6.12. The van der Waals surface area contributed by atoms with Crippen molar-refractivity contribution in [3.63, 3.8) is 0 Å². The summed E-state index contributed by atoms with van der Waals surface area (Å²) in [7, 11) is 1.97. The molecule has 0 aliphatic carbocycles. The van der Waals surface area contributed by atoms with Crippen LogP contribution in [0.3, 0.4) is 0 Å². The van der Waals surface area contributed by atoms with Gasteiger partial charge in [-0.15, -0.1) is 0 Å². The van der Waals surface area contributed by atoms with Gasteiger partial charge < -0.3 is 9.64 Å². The maximum Gasteiger partial charge on any atom is 0.128 e. The van der Waals surface area contributed by atoms with Crippen LogP contribution in [0.25, 0.3) is 0 Å². The van der Waals surface area contributed by atoms with Gasteiger partial charge in [-0.2, -0.15) is 5.10 Å². The minimum atomic E-state index is -0.0732. The number of ether oxygens (including phenoxy) is 1. The largest absolute Gasteiger partial charge is 0.370 e. The van der Waals surface area contributed by atoms with Gasteiger partial charge in [0.05, 0.1) is 18.4 Å². The molecular weight excluding hydrogens is 302 g/mol. The van der Waals surface area contributed by atoms with Crippen molar-refractivity contribution in [1.29, 1.82) is 0 Å². The topological polar surface area (TPSA) is 46.4 Å². The highest BCUT2D eigenvalue weighted by Gasteiger charge is 2.40. The molecular formula is C18H25N5O. The Labute approximate surface area is 143 Å². The summed E-state index contributed by atoms with van der Waals surface area (Å²) < 4.78 is 8.17. The minimum absolute atomic E-state index is 0.0732. The molecule has 128 valence electrons. The first kappa shape index (κ1) is 15.6. The predicted octanol–water partition coefficient (Wildman–Crippen LogP) is 1.69. The van der Waals surface area contributed by atoms with E-state index in [0.29, 0.717) is 0 Å². The zero-order valence-electron chi connectivity index (χ0n) is 14.3. The molecule has 6 nitrogen and oxygen atoms in total. The number of anilines is 1. The first-order chi connectivity index (χ1) is 11.7. The number of morpholine rings is 1. The zero-order valence-corrected chi connectivity index (χ0v) is 14.3. The number of rotatable bonds is 3. The Morgan fingerprint density at radius 1 is 1.25 bits per heavy atom. The molecule has 0 bridgehead atoms. The number of hydrogen-bond acceptors (Lipinski definition) is 5. The van der Waals surface area contributed by atoms with Crippen LogP contribution in [0.4, 0.5) is 5.82 Å². The maximum absolute atomic E-state index is 6.30. The van der Waals surface area contributed by atoms with E-state index in [2.05, 4.69) is 38.2 Å². The molecule has 6 heteroatoms. The molecule has 4 heterocycles. The van der Waals surface area contributed by atoms with Crippen molar-refractivity contribution in [3.05, 3.63) is 42.4 Å². The van der Waals surface area contributed by atoms with Gasteiger partial charge >= 0.3 is 0 Å². The molecule has 4 rings (SSSR count). The van der Waals surface area contributed by atoms with E-state index in [0.717, 1.165) is 58.0 Å². The molecule has 1 spiro atoms. The molecule has 0 radical (unpaired) electrons. The Bertz CT molecular complexity index is 669. The molecule has 0 amide bonds. The van der Waals surface area contributed by atoms with Crippen molar-refractivity contribution >= 4 is 5.82 Å². The molecule has 1 atom stereocenters. The Morgan fingerprint density at radius 3 is 3.00 bits per heavy atom. The third kappa shape index (κ3) is 3.30. The van der Waals surface area contributed by atoms with E-state index >= 15 is 0 Å². The van der Waals surface area contributed by atoms with Crippen LogP contribution in [0.15, 0.2) is 36.8 Å². The normalized spacial score (nSPS) is 25.3. The number of nitrogens with zero attached hydrogens (tertiary/aromatic N) is 5. The number of hydrogen-bond donors (Lipinski definition) is 0. The average molecular weight is 327 g/mol. The maximum atomic E-state index is 6.30. The van der Waals surface area contributed by atoms with E-state index in [9.17, 15) is 0 Å². The second-order valence-corrected chi connectivity index (χ2v) is 6.98. The molecule has 2 aliphatic heterocycles. The fourth-order valence-corrected chi connectivity index (χ4v) is 3.95. The fourth-order valence-electron chi connectivity index (χ4n) is 3.95. The lowest BCUT2D eigenvalue weighted by Gasteiger charge is -2.48. The number of aryl methyl sites for hydroxylation is 1. The summed E-state index contributed by atoms with van der Waals surface area (Å²) in [5, 5.41) is 4.28. The average Bonchev–Trinajstić information content (AvgIpc) is 3.01. The molecule has 2 saturated heterocycles. The van der Waals surface area contributed by atoms with Crippen LogP contribution in [0.1, 0.15) is 18.4 Å². The summed E-state index contributed by atoms with van der Waals surface area (Å²) in [4.78, 5) is 9.39. The van der Waals surface area contributed by atoms with Crippen LogP contribution in [0.5, 0.6) is 0 Å². The number of pyridine rings is 1. The highest BCUT2D eigenvalue weighted by molar-refractivity contribution is 5.39. The van der Waals surface area contributed by atoms with Gasteiger partial charge in [-0.05, 0) is 25.0 Å². The third-order valence-corrected chi connectivity index (χ3v) is 5.00. The quantitative estimate of drug-likeness (QED) is 0.858. The van der Waals surface area contributed by atoms with Gasteiger partial charge in [0.25, 0.3) is 0 Å². The second-order valence-electron chi connectivity index (χ2n) is 6.98.